The van der Waals surface area contributed by atoms with Crippen LogP contribution in [0.15, 0.2) is 24.3 Å². The Morgan fingerprint density at radius 3 is 2.48 bits per heavy atom. The molecule has 5 nitrogen and oxygen atoms in total. The van der Waals surface area contributed by atoms with Gasteiger partial charge in [-0.1, -0.05) is 24.3 Å². The Morgan fingerprint density at radius 2 is 1.86 bits per heavy atom. The van der Waals surface area contributed by atoms with E-state index in [0.29, 0.717) is 26.1 Å². The molecular weight excluding hydrogens is 270 g/mol. The Bertz CT molecular complexity index is 473. The van der Waals surface area contributed by atoms with E-state index in [1.165, 1.54) is 7.11 Å². The molecule has 1 aromatic rings. The molecule has 0 bridgehead atoms. The van der Waals surface area contributed by atoms with E-state index in [4.69, 9.17) is 4.74 Å². The zero-order chi connectivity index (χ0) is 15.7. The van der Waals surface area contributed by atoms with Crippen LogP contribution < -0.4 is 0 Å². The standard InChI is InChI=1S/C16H23NO4/c1-13-6-4-5-7-14(13)12-15(18)17(10-11-20-2)9-8-16(19)21-3/h4-7H,8-12H2,1-3H3. The van der Waals surface area contributed by atoms with Gasteiger partial charge >= 0.3 is 5.97 Å². The number of carbonyl (C=O) groups excluding carboxylic acids is 2. The van der Waals surface area contributed by atoms with E-state index in [-0.39, 0.29) is 18.3 Å². The van der Waals surface area contributed by atoms with Crippen molar-refractivity contribution in [1.82, 2.24) is 4.90 Å². The fourth-order valence-electron chi connectivity index (χ4n) is 1.97. The van der Waals surface area contributed by atoms with Gasteiger partial charge in [0, 0.05) is 20.2 Å². The number of esters is 1. The molecular formula is C16H23NO4. The Kier molecular flexibility index (Phi) is 7.46. The quantitative estimate of drug-likeness (QED) is 0.683. The van der Waals surface area contributed by atoms with Gasteiger partial charge in [0.1, 0.15) is 0 Å². The van der Waals surface area contributed by atoms with Crippen LogP contribution >= 0.6 is 0 Å². The Balaban J connectivity index is 2.65. The third-order valence-corrected chi connectivity index (χ3v) is 3.33. The maximum Gasteiger partial charge on any atom is 0.307 e. The molecule has 0 aromatic heterocycles. The van der Waals surface area contributed by atoms with Gasteiger partial charge in [0.15, 0.2) is 0 Å². The molecule has 0 fully saturated rings. The normalized spacial score (nSPS) is 10.2. The Hall–Kier alpha value is -1.88. The van der Waals surface area contributed by atoms with Crippen molar-refractivity contribution in [3.05, 3.63) is 35.4 Å². The largest absolute Gasteiger partial charge is 0.469 e. The Morgan fingerprint density at radius 1 is 1.14 bits per heavy atom. The number of rotatable bonds is 8. The number of nitrogens with zero attached hydrogens (tertiary/aromatic N) is 1. The molecule has 1 amide bonds. The van der Waals surface area contributed by atoms with Crippen LogP contribution in [0.2, 0.25) is 0 Å². The second kappa shape index (κ2) is 9.13. The van der Waals surface area contributed by atoms with E-state index in [1.807, 2.05) is 31.2 Å². The van der Waals surface area contributed by atoms with Crippen LogP contribution in [0.5, 0.6) is 0 Å². The molecule has 0 heterocycles. The summed E-state index contributed by atoms with van der Waals surface area (Å²) in [6, 6.07) is 7.80. The van der Waals surface area contributed by atoms with Gasteiger partial charge in [0.2, 0.25) is 5.91 Å². The molecule has 116 valence electrons. The number of carbonyl (C=O) groups is 2. The summed E-state index contributed by atoms with van der Waals surface area (Å²) in [4.78, 5) is 25.3. The van der Waals surface area contributed by atoms with Crippen LogP contribution in [-0.4, -0.2) is 50.7 Å². The predicted molar refractivity (Wildman–Crippen MR) is 80.0 cm³/mol. The minimum absolute atomic E-state index is 0.00902. The lowest BCUT2D eigenvalue weighted by Crippen LogP contribution is -2.37. The third kappa shape index (κ3) is 5.95. The van der Waals surface area contributed by atoms with Crippen molar-refractivity contribution in [1.29, 1.82) is 0 Å². The summed E-state index contributed by atoms with van der Waals surface area (Å²) in [5.41, 5.74) is 2.09. The molecule has 0 N–H and O–H groups in total. The van der Waals surface area contributed by atoms with Gasteiger partial charge in [-0.25, -0.2) is 0 Å². The molecule has 0 radical (unpaired) electrons. The first-order valence-corrected chi connectivity index (χ1v) is 6.96. The topological polar surface area (TPSA) is 55.8 Å². The summed E-state index contributed by atoms with van der Waals surface area (Å²) in [5, 5.41) is 0. The van der Waals surface area contributed by atoms with E-state index < -0.39 is 0 Å². The number of benzene rings is 1. The highest BCUT2D eigenvalue weighted by atomic mass is 16.5. The van der Waals surface area contributed by atoms with Gasteiger partial charge in [-0.05, 0) is 18.1 Å². The first-order valence-electron chi connectivity index (χ1n) is 6.96. The van der Waals surface area contributed by atoms with Gasteiger partial charge in [-0.2, -0.15) is 0 Å². The van der Waals surface area contributed by atoms with E-state index in [1.54, 1.807) is 12.0 Å². The lowest BCUT2D eigenvalue weighted by atomic mass is 10.1. The van der Waals surface area contributed by atoms with E-state index in [2.05, 4.69) is 4.74 Å². The minimum Gasteiger partial charge on any atom is -0.469 e. The molecule has 0 unspecified atom stereocenters. The molecule has 0 atom stereocenters. The zero-order valence-electron chi connectivity index (χ0n) is 12.9. The molecule has 1 aromatic carbocycles. The van der Waals surface area contributed by atoms with Crippen molar-refractivity contribution in [3.63, 3.8) is 0 Å². The van der Waals surface area contributed by atoms with Crippen LogP contribution in [0.25, 0.3) is 0 Å². The number of hydrogen-bond donors (Lipinski definition) is 0. The SMILES string of the molecule is COCCN(CCC(=O)OC)C(=O)Cc1ccccc1C. The molecule has 5 heteroatoms. The van der Waals surface area contributed by atoms with Crippen molar-refractivity contribution in [2.45, 2.75) is 19.8 Å². The lowest BCUT2D eigenvalue weighted by Gasteiger charge is -2.22. The summed E-state index contributed by atoms with van der Waals surface area (Å²) in [6.07, 6.45) is 0.525. The summed E-state index contributed by atoms with van der Waals surface area (Å²) in [7, 11) is 2.93. The number of ether oxygens (including phenoxy) is 2. The second-order valence-corrected chi connectivity index (χ2v) is 4.80. The molecule has 0 saturated heterocycles. The summed E-state index contributed by atoms with van der Waals surface area (Å²) < 4.78 is 9.63. The van der Waals surface area contributed by atoms with Crippen molar-refractivity contribution < 1.29 is 19.1 Å². The molecule has 0 aliphatic heterocycles. The van der Waals surface area contributed by atoms with Crippen LogP contribution in [0, 0.1) is 6.92 Å². The van der Waals surface area contributed by atoms with Gasteiger partial charge in [0.05, 0.1) is 26.6 Å². The molecule has 21 heavy (non-hydrogen) atoms. The van der Waals surface area contributed by atoms with Crippen LogP contribution in [-0.2, 0) is 25.5 Å². The summed E-state index contributed by atoms with van der Waals surface area (Å²) in [5.74, 6) is -0.327. The first kappa shape index (κ1) is 17.2. The van der Waals surface area contributed by atoms with Crippen molar-refractivity contribution in [2.24, 2.45) is 0 Å². The first-order chi connectivity index (χ1) is 10.1. The molecule has 0 aliphatic carbocycles. The lowest BCUT2D eigenvalue weighted by molar-refractivity contribution is -0.141. The second-order valence-electron chi connectivity index (χ2n) is 4.80. The maximum atomic E-state index is 12.4. The minimum atomic E-state index is -0.318. The van der Waals surface area contributed by atoms with Gasteiger partial charge in [0.25, 0.3) is 0 Å². The van der Waals surface area contributed by atoms with Gasteiger partial charge in [-0.3, -0.25) is 9.59 Å². The average molecular weight is 293 g/mol. The number of amides is 1. The highest BCUT2D eigenvalue weighted by Gasteiger charge is 2.16. The van der Waals surface area contributed by atoms with Crippen LogP contribution in [0.4, 0.5) is 0 Å². The molecule has 0 spiro atoms. The van der Waals surface area contributed by atoms with Gasteiger partial charge < -0.3 is 14.4 Å². The highest BCUT2D eigenvalue weighted by molar-refractivity contribution is 5.80. The smallest absolute Gasteiger partial charge is 0.307 e. The third-order valence-electron chi connectivity index (χ3n) is 3.33. The molecule has 1 rings (SSSR count). The van der Waals surface area contributed by atoms with Crippen molar-refractivity contribution >= 4 is 11.9 Å². The highest BCUT2D eigenvalue weighted by Crippen LogP contribution is 2.09. The number of aryl methyl sites for hydroxylation is 1. The van der Waals surface area contributed by atoms with Crippen molar-refractivity contribution in [2.75, 3.05) is 33.9 Å². The fourth-order valence-corrected chi connectivity index (χ4v) is 1.97. The summed E-state index contributed by atoms with van der Waals surface area (Å²) >= 11 is 0. The van der Waals surface area contributed by atoms with Crippen LogP contribution in [0.3, 0.4) is 0 Å². The number of hydrogen-bond acceptors (Lipinski definition) is 4. The number of methoxy groups -OCH3 is 2. The maximum absolute atomic E-state index is 12.4. The monoisotopic (exact) mass is 293 g/mol. The average Bonchev–Trinajstić information content (AvgIpc) is 2.49. The van der Waals surface area contributed by atoms with E-state index >= 15 is 0 Å². The Labute approximate surface area is 125 Å². The van der Waals surface area contributed by atoms with E-state index in [0.717, 1.165) is 11.1 Å². The van der Waals surface area contributed by atoms with Crippen molar-refractivity contribution in [3.8, 4) is 0 Å². The van der Waals surface area contributed by atoms with Gasteiger partial charge in [-0.15, -0.1) is 0 Å². The van der Waals surface area contributed by atoms with Crippen LogP contribution in [0.1, 0.15) is 17.5 Å². The predicted octanol–water partition coefficient (Wildman–Crippen LogP) is 1.58. The molecule has 0 aliphatic rings. The van der Waals surface area contributed by atoms with E-state index in [9.17, 15) is 9.59 Å². The molecule has 0 saturated carbocycles. The fraction of sp³-hybridized carbons (Fsp3) is 0.500. The summed E-state index contributed by atoms with van der Waals surface area (Å²) in [6.45, 7) is 3.25. The zero-order valence-corrected chi connectivity index (χ0v) is 12.9.